The molecule has 4 rings (SSSR count). The molecule has 3 aromatic heterocycles. The Kier molecular flexibility index (Phi) is 7.62. The summed E-state index contributed by atoms with van der Waals surface area (Å²) in [6.07, 6.45) is 6.33. The summed E-state index contributed by atoms with van der Waals surface area (Å²) < 4.78 is 1.97. The number of fused-ring (bicyclic) bond motifs is 1. The van der Waals surface area contributed by atoms with Gasteiger partial charge in [0.2, 0.25) is 0 Å². The molecule has 8 nitrogen and oxygen atoms in total. The van der Waals surface area contributed by atoms with Gasteiger partial charge in [0.15, 0.2) is 17.4 Å². The molecule has 1 fully saturated rings. The molecule has 9 heteroatoms. The monoisotopic (exact) mass is 506 g/mol. The molecular weight excluding hydrogens is 479 g/mol. The predicted molar refractivity (Wildman–Crippen MR) is 126 cm³/mol. The van der Waals surface area contributed by atoms with Crippen molar-refractivity contribution in [3.63, 3.8) is 0 Å². The maximum atomic E-state index is 4.72. The molecule has 0 atom stereocenters. The smallest absolute Gasteiger partial charge is 0.191 e. The third-order valence-corrected chi connectivity index (χ3v) is 4.80. The molecule has 0 bridgehead atoms. The fraction of sp³-hybridized carbons (Fsp3) is 0.400. The van der Waals surface area contributed by atoms with Gasteiger partial charge in [-0.05, 0) is 49.6 Å². The molecular formula is C20H27IN8. The third kappa shape index (κ3) is 5.34. The Morgan fingerprint density at radius 3 is 2.83 bits per heavy atom. The van der Waals surface area contributed by atoms with Gasteiger partial charge in [-0.1, -0.05) is 6.07 Å². The van der Waals surface area contributed by atoms with Crippen LogP contribution in [0, 0.1) is 0 Å². The van der Waals surface area contributed by atoms with E-state index in [2.05, 4.69) is 43.7 Å². The van der Waals surface area contributed by atoms with Crippen LogP contribution in [0.15, 0.2) is 47.7 Å². The molecule has 0 unspecified atom stereocenters. The summed E-state index contributed by atoms with van der Waals surface area (Å²) in [5.41, 5.74) is 1.99. The molecule has 0 radical (unpaired) electrons. The number of hydrogen-bond donors (Lipinski definition) is 2. The second kappa shape index (κ2) is 10.4. The second-order valence-corrected chi connectivity index (χ2v) is 6.81. The Bertz CT molecular complexity index is 948. The minimum Gasteiger partial charge on any atom is -0.357 e. The maximum Gasteiger partial charge on any atom is 0.191 e. The van der Waals surface area contributed by atoms with Crippen molar-refractivity contribution in [2.24, 2.45) is 4.99 Å². The zero-order chi connectivity index (χ0) is 19.2. The molecule has 1 aliphatic heterocycles. The van der Waals surface area contributed by atoms with Crippen molar-refractivity contribution >= 4 is 41.4 Å². The fourth-order valence-electron chi connectivity index (χ4n) is 3.36. The van der Waals surface area contributed by atoms with Gasteiger partial charge in [0.25, 0.3) is 0 Å². The van der Waals surface area contributed by atoms with E-state index in [4.69, 9.17) is 4.99 Å². The SMILES string of the molecule is CCNC(=NCc1ccnc(N2CCCC2)c1)NCc1nnc2ccccn12.I. The van der Waals surface area contributed by atoms with Crippen molar-refractivity contribution in [2.75, 3.05) is 24.5 Å². The molecule has 0 aromatic carbocycles. The lowest BCUT2D eigenvalue weighted by Gasteiger charge is -2.16. The highest BCUT2D eigenvalue weighted by molar-refractivity contribution is 14.0. The van der Waals surface area contributed by atoms with Crippen molar-refractivity contribution in [1.29, 1.82) is 0 Å². The molecule has 1 aliphatic rings. The Morgan fingerprint density at radius 1 is 1.14 bits per heavy atom. The molecule has 0 saturated carbocycles. The van der Waals surface area contributed by atoms with E-state index in [1.54, 1.807) is 0 Å². The van der Waals surface area contributed by atoms with E-state index in [0.29, 0.717) is 13.1 Å². The Balaban J connectivity index is 0.00000240. The number of hydrogen-bond acceptors (Lipinski definition) is 5. The number of anilines is 1. The van der Waals surface area contributed by atoms with Crippen LogP contribution in [0.5, 0.6) is 0 Å². The van der Waals surface area contributed by atoms with Crippen LogP contribution in [0.4, 0.5) is 5.82 Å². The van der Waals surface area contributed by atoms with Gasteiger partial charge in [0.1, 0.15) is 5.82 Å². The zero-order valence-corrected chi connectivity index (χ0v) is 18.9. The van der Waals surface area contributed by atoms with Gasteiger partial charge in [-0.2, -0.15) is 0 Å². The Morgan fingerprint density at radius 2 is 2.00 bits per heavy atom. The van der Waals surface area contributed by atoms with E-state index in [9.17, 15) is 0 Å². The van der Waals surface area contributed by atoms with E-state index in [-0.39, 0.29) is 24.0 Å². The van der Waals surface area contributed by atoms with Gasteiger partial charge in [-0.15, -0.1) is 34.2 Å². The Hall–Kier alpha value is -2.43. The van der Waals surface area contributed by atoms with Crippen LogP contribution in [-0.4, -0.2) is 45.2 Å². The Labute approximate surface area is 187 Å². The molecule has 0 spiro atoms. The first-order valence-electron chi connectivity index (χ1n) is 9.84. The van der Waals surface area contributed by atoms with E-state index >= 15 is 0 Å². The summed E-state index contributed by atoms with van der Waals surface area (Å²) in [6.45, 7) is 6.18. The molecule has 4 heterocycles. The summed E-state index contributed by atoms with van der Waals surface area (Å²) in [7, 11) is 0. The number of aliphatic imine (C=N–C) groups is 1. The lowest BCUT2D eigenvalue weighted by atomic mass is 10.2. The first kappa shape index (κ1) is 21.3. The summed E-state index contributed by atoms with van der Waals surface area (Å²) in [6, 6.07) is 10.0. The van der Waals surface area contributed by atoms with Crippen molar-refractivity contribution in [3.05, 3.63) is 54.1 Å². The summed E-state index contributed by atoms with van der Waals surface area (Å²) in [5.74, 6) is 2.66. The third-order valence-electron chi connectivity index (χ3n) is 4.80. The topological polar surface area (TPSA) is 82.7 Å². The predicted octanol–water partition coefficient (Wildman–Crippen LogP) is 2.60. The number of nitrogens with one attached hydrogen (secondary N) is 2. The summed E-state index contributed by atoms with van der Waals surface area (Å²) >= 11 is 0. The van der Waals surface area contributed by atoms with Gasteiger partial charge in [0, 0.05) is 32.0 Å². The van der Waals surface area contributed by atoms with Crippen LogP contribution in [0.1, 0.15) is 31.2 Å². The molecule has 1 saturated heterocycles. The quantitative estimate of drug-likeness (QED) is 0.304. The fourth-order valence-corrected chi connectivity index (χ4v) is 3.36. The van der Waals surface area contributed by atoms with Gasteiger partial charge in [-0.25, -0.2) is 9.98 Å². The van der Waals surface area contributed by atoms with Crippen LogP contribution in [-0.2, 0) is 13.1 Å². The number of nitrogens with zero attached hydrogens (tertiary/aromatic N) is 6. The van der Waals surface area contributed by atoms with Gasteiger partial charge < -0.3 is 15.5 Å². The van der Waals surface area contributed by atoms with Crippen LogP contribution >= 0.6 is 24.0 Å². The lowest BCUT2D eigenvalue weighted by Crippen LogP contribution is -2.37. The average molecular weight is 506 g/mol. The highest BCUT2D eigenvalue weighted by Crippen LogP contribution is 2.18. The van der Waals surface area contributed by atoms with E-state index in [1.807, 2.05) is 41.1 Å². The van der Waals surface area contributed by atoms with E-state index in [1.165, 1.54) is 12.8 Å². The molecule has 0 amide bonds. The highest BCUT2D eigenvalue weighted by atomic mass is 127. The van der Waals surface area contributed by atoms with Crippen LogP contribution < -0.4 is 15.5 Å². The number of halogens is 1. The standard InChI is InChI=1S/C20H26N8.HI/c1-2-21-20(24-15-19-26-25-17-7-3-4-12-28(17)19)23-14-16-8-9-22-18(13-16)27-10-5-6-11-27;/h3-4,7-9,12-13H,2,5-6,10-11,14-15H2,1H3,(H2,21,23,24);1H. The first-order chi connectivity index (χ1) is 13.8. The van der Waals surface area contributed by atoms with Crippen molar-refractivity contribution in [3.8, 4) is 0 Å². The molecule has 0 aliphatic carbocycles. The number of rotatable bonds is 6. The van der Waals surface area contributed by atoms with Crippen LogP contribution in [0.25, 0.3) is 5.65 Å². The molecule has 29 heavy (non-hydrogen) atoms. The lowest BCUT2D eigenvalue weighted by molar-refractivity contribution is 0.765. The highest BCUT2D eigenvalue weighted by Gasteiger charge is 2.13. The van der Waals surface area contributed by atoms with Crippen molar-refractivity contribution in [1.82, 2.24) is 30.2 Å². The number of aromatic nitrogens is 4. The molecule has 3 aromatic rings. The summed E-state index contributed by atoms with van der Waals surface area (Å²) in [4.78, 5) is 11.6. The number of pyridine rings is 2. The summed E-state index contributed by atoms with van der Waals surface area (Å²) in [5, 5.41) is 15.1. The normalized spacial score (nSPS) is 14.1. The van der Waals surface area contributed by atoms with Crippen LogP contribution in [0.2, 0.25) is 0 Å². The largest absolute Gasteiger partial charge is 0.357 e. The maximum absolute atomic E-state index is 4.72. The van der Waals surface area contributed by atoms with Gasteiger partial charge >= 0.3 is 0 Å². The molecule has 154 valence electrons. The number of guanidine groups is 1. The average Bonchev–Trinajstić information content (AvgIpc) is 3.41. The molecule has 2 N–H and O–H groups in total. The second-order valence-electron chi connectivity index (χ2n) is 6.81. The first-order valence-corrected chi connectivity index (χ1v) is 9.84. The van der Waals surface area contributed by atoms with Gasteiger partial charge in [-0.3, -0.25) is 4.40 Å². The van der Waals surface area contributed by atoms with Gasteiger partial charge in [0.05, 0.1) is 13.1 Å². The van der Waals surface area contributed by atoms with Crippen LogP contribution in [0.3, 0.4) is 0 Å². The minimum absolute atomic E-state index is 0. The van der Waals surface area contributed by atoms with Crippen molar-refractivity contribution in [2.45, 2.75) is 32.9 Å². The van der Waals surface area contributed by atoms with Crippen molar-refractivity contribution < 1.29 is 0 Å². The zero-order valence-electron chi connectivity index (χ0n) is 16.6. The van der Waals surface area contributed by atoms with E-state index < -0.39 is 0 Å². The minimum atomic E-state index is 0. The van der Waals surface area contributed by atoms with E-state index in [0.717, 1.165) is 48.4 Å².